The van der Waals surface area contributed by atoms with Crippen molar-refractivity contribution < 1.29 is 30.5 Å². The predicted octanol–water partition coefficient (Wildman–Crippen LogP) is -1.21. The van der Waals surface area contributed by atoms with E-state index in [0.29, 0.717) is 6.61 Å². The molecule has 0 bridgehead atoms. The molecule has 0 radical (unpaired) electrons. The van der Waals surface area contributed by atoms with Crippen molar-refractivity contribution in [3.8, 4) is 5.75 Å². The molecule has 0 amide bonds. The number of rotatable bonds is 2. The molecule has 1 rings (SSSR count). The van der Waals surface area contributed by atoms with Crippen LogP contribution in [-0.2, 0) is 0 Å². The minimum atomic E-state index is -0.910. The van der Waals surface area contributed by atoms with E-state index in [1.807, 2.05) is 0 Å². The van der Waals surface area contributed by atoms with Crippen LogP contribution >= 0.6 is 0 Å². The van der Waals surface area contributed by atoms with Crippen LogP contribution in [0.2, 0.25) is 0 Å². The summed E-state index contributed by atoms with van der Waals surface area (Å²) in [6, 6.07) is 4.33. The van der Waals surface area contributed by atoms with Crippen molar-refractivity contribution in [1.82, 2.24) is 0 Å². The first kappa shape index (κ1) is 15.6. The van der Waals surface area contributed by atoms with E-state index in [9.17, 15) is 8.78 Å². The maximum atomic E-state index is 12.4. The van der Waals surface area contributed by atoms with Gasteiger partial charge in [0.05, 0.1) is 12.4 Å². The number of benzene rings is 1. The largest absolute Gasteiger partial charge is 2.00 e. The van der Waals surface area contributed by atoms with Gasteiger partial charge < -0.3 is 21.7 Å². The smallest absolute Gasteiger partial charge is 1.00 e. The monoisotopic (exact) mass is 260 g/mol. The third kappa shape index (κ3) is 4.78. The molecule has 1 nitrogen and oxygen atoms in total. The van der Waals surface area contributed by atoms with Gasteiger partial charge in [-0.05, 0) is 6.92 Å². The van der Waals surface area contributed by atoms with Gasteiger partial charge >= 0.3 is 23.1 Å². The van der Waals surface area contributed by atoms with Crippen LogP contribution in [0.1, 0.15) is 6.92 Å². The molecule has 0 aromatic heterocycles. The zero-order chi connectivity index (χ0) is 8.27. The Balaban J connectivity index is 0. The summed E-state index contributed by atoms with van der Waals surface area (Å²) in [5.74, 6) is -1.59. The van der Waals surface area contributed by atoms with Crippen molar-refractivity contribution in [2.75, 3.05) is 6.61 Å². The third-order valence-electron chi connectivity index (χ3n) is 1.13. The van der Waals surface area contributed by atoms with Crippen molar-refractivity contribution in [3.05, 3.63) is 29.8 Å². The fourth-order valence-electron chi connectivity index (χ4n) is 0.668. The first-order valence-corrected chi connectivity index (χ1v) is 3.23. The zero-order valence-electron chi connectivity index (χ0n) is 7.11. The summed E-state index contributed by atoms with van der Waals surface area (Å²) in [7, 11) is 0. The Labute approximate surface area is 102 Å². The van der Waals surface area contributed by atoms with Crippen LogP contribution in [0.25, 0.3) is 0 Å². The minimum Gasteiger partial charge on any atom is -1.00 e. The van der Waals surface area contributed by atoms with E-state index in [1.54, 1.807) is 6.92 Å². The molecule has 0 aliphatic rings. The molecule has 0 unspecified atom stereocenters. The van der Waals surface area contributed by atoms with Gasteiger partial charge in [-0.2, -0.15) is 0 Å². The Morgan fingerprint density at radius 2 is 2.00 bits per heavy atom. The normalized spacial score (nSPS) is 8.23. The van der Waals surface area contributed by atoms with Gasteiger partial charge in [-0.3, -0.25) is 4.39 Å². The quantitative estimate of drug-likeness (QED) is 0.479. The Bertz CT molecular complexity index is 258. The number of hydrogen-bond acceptors (Lipinski definition) is 1. The molecule has 1 aromatic carbocycles. The van der Waals surface area contributed by atoms with E-state index in [4.69, 9.17) is 4.74 Å². The summed E-state index contributed by atoms with van der Waals surface area (Å²) in [5.41, 5.74) is 0. The van der Waals surface area contributed by atoms with Gasteiger partial charge in [-0.15, -0.1) is 12.1 Å². The van der Waals surface area contributed by atoms with Crippen LogP contribution in [0.4, 0.5) is 8.78 Å². The predicted molar refractivity (Wildman–Crippen MR) is 42.1 cm³/mol. The molecule has 0 spiro atoms. The molecule has 0 saturated heterocycles. The van der Waals surface area contributed by atoms with E-state index in [-0.39, 0.29) is 45.8 Å². The van der Waals surface area contributed by atoms with E-state index in [1.165, 1.54) is 0 Å². The van der Waals surface area contributed by atoms with Crippen LogP contribution in [0.15, 0.2) is 12.1 Å². The van der Waals surface area contributed by atoms with E-state index >= 15 is 0 Å². The van der Waals surface area contributed by atoms with Gasteiger partial charge in [0.2, 0.25) is 0 Å². The summed E-state index contributed by atoms with van der Waals surface area (Å²) in [6.07, 6.45) is 0. The molecule has 0 N–H and O–H groups in total. The fraction of sp³-hybridized carbons (Fsp3) is 0.250. The van der Waals surface area contributed by atoms with Gasteiger partial charge in [-0.1, -0.05) is 6.07 Å². The second-order valence-electron chi connectivity index (χ2n) is 1.93. The van der Waals surface area contributed by atoms with Crippen molar-refractivity contribution >= 4 is 23.1 Å². The fourth-order valence-corrected chi connectivity index (χ4v) is 0.668. The summed E-state index contributed by atoms with van der Waals surface area (Å²) in [5, 5.41) is 0. The van der Waals surface area contributed by atoms with Crippen molar-refractivity contribution in [2.24, 2.45) is 0 Å². The van der Waals surface area contributed by atoms with Crippen molar-refractivity contribution in [2.45, 2.75) is 6.92 Å². The van der Waals surface area contributed by atoms with Gasteiger partial charge in [0.1, 0.15) is 0 Å². The Kier molecular flexibility index (Phi) is 9.02. The summed E-state index contributed by atoms with van der Waals surface area (Å²) in [4.78, 5) is 0. The molecular weight excluding hydrogens is 254 g/mol. The Hall–Kier alpha value is 0.126. The molecule has 0 heterocycles. The number of halogens is 3. The van der Waals surface area contributed by atoms with Gasteiger partial charge in [0.25, 0.3) is 0 Å². The molecule has 13 heavy (non-hydrogen) atoms. The average Bonchev–Trinajstić information content (AvgIpc) is 1.98. The summed E-state index contributed by atoms with van der Waals surface area (Å²) < 4.78 is 29.6. The summed E-state index contributed by atoms with van der Waals surface area (Å²) >= 11 is 0. The zero-order valence-corrected chi connectivity index (χ0v) is 10.1. The minimum absolute atomic E-state index is 0. The molecule has 0 saturated carbocycles. The van der Waals surface area contributed by atoms with Crippen LogP contribution in [0, 0.1) is 17.7 Å². The van der Waals surface area contributed by atoms with Gasteiger partial charge in [0.15, 0.2) is 0 Å². The van der Waals surface area contributed by atoms with Gasteiger partial charge in [-0.25, -0.2) is 4.39 Å². The molecule has 1 aromatic rings. The first-order valence-electron chi connectivity index (χ1n) is 3.23. The Morgan fingerprint density at radius 1 is 1.38 bits per heavy atom. The molecular formula is C8H7BrF2MgO. The first-order chi connectivity index (χ1) is 5.24. The van der Waals surface area contributed by atoms with Crippen LogP contribution in [-0.4, -0.2) is 29.7 Å². The second-order valence-corrected chi connectivity index (χ2v) is 1.93. The third-order valence-corrected chi connectivity index (χ3v) is 1.13. The van der Waals surface area contributed by atoms with Crippen LogP contribution in [0.5, 0.6) is 5.75 Å². The Morgan fingerprint density at radius 3 is 2.46 bits per heavy atom. The van der Waals surface area contributed by atoms with Crippen LogP contribution in [0.3, 0.4) is 0 Å². The van der Waals surface area contributed by atoms with Gasteiger partial charge in [0, 0.05) is 11.6 Å². The SMILES string of the molecule is CCOc1[c-]cc(F)c(F)c1.[Br-].[Mg+2]. The number of hydrogen-bond donors (Lipinski definition) is 0. The van der Waals surface area contributed by atoms with E-state index in [0.717, 1.165) is 12.1 Å². The standard InChI is InChI=1S/C8H7F2O.BrH.Mg/c1-2-11-6-3-4-7(9)8(10)5-6;;/h4-5H,2H2,1H3;1H;/q-1;;+2/p-1. The van der Waals surface area contributed by atoms with Crippen molar-refractivity contribution in [3.63, 3.8) is 0 Å². The topological polar surface area (TPSA) is 9.23 Å². The van der Waals surface area contributed by atoms with E-state index < -0.39 is 11.6 Å². The molecule has 0 aliphatic carbocycles. The maximum absolute atomic E-state index is 12.4. The maximum Gasteiger partial charge on any atom is 2.00 e. The molecule has 0 fully saturated rings. The summed E-state index contributed by atoms with van der Waals surface area (Å²) in [6.45, 7) is 2.18. The molecule has 68 valence electrons. The second kappa shape index (κ2) is 7.52. The van der Waals surface area contributed by atoms with E-state index in [2.05, 4.69) is 6.07 Å². The molecule has 5 heteroatoms. The molecule has 0 atom stereocenters. The average molecular weight is 261 g/mol. The van der Waals surface area contributed by atoms with Crippen LogP contribution < -0.4 is 21.7 Å². The van der Waals surface area contributed by atoms with Crippen molar-refractivity contribution in [1.29, 1.82) is 0 Å². The number of ether oxygens (including phenoxy) is 1. The molecule has 0 aliphatic heterocycles.